The third kappa shape index (κ3) is 3.60. The molecule has 0 bridgehead atoms. The lowest BCUT2D eigenvalue weighted by Gasteiger charge is -2.27. The fraction of sp³-hybridized carbons (Fsp3) is 0.500. The second kappa shape index (κ2) is 7.21. The standard InChI is InChI=1S/C16H20N2O3/c1-12-15(7-10-21-12)18(2)16(20)14-6-8-17-11-13(14)5-3-4-9-19/h6,8,11-12,15,19H,4,7,9-10H2,1-2H3. The minimum atomic E-state index is -0.0759. The molecule has 0 radical (unpaired) electrons. The molecule has 0 spiro atoms. The molecule has 1 aromatic heterocycles. The first kappa shape index (κ1) is 15.5. The van der Waals surface area contributed by atoms with Crippen molar-refractivity contribution in [2.24, 2.45) is 0 Å². The zero-order valence-electron chi connectivity index (χ0n) is 12.4. The summed E-state index contributed by atoms with van der Waals surface area (Å²) in [6.45, 7) is 2.67. The number of pyridine rings is 1. The Morgan fingerprint density at radius 1 is 1.62 bits per heavy atom. The summed E-state index contributed by atoms with van der Waals surface area (Å²) in [6.07, 6.45) is 4.45. The number of carbonyl (C=O) groups excluding carboxylic acids is 1. The molecule has 2 atom stereocenters. The third-order valence-corrected chi connectivity index (χ3v) is 3.67. The molecule has 1 amide bonds. The van der Waals surface area contributed by atoms with Gasteiger partial charge in [-0.1, -0.05) is 11.8 Å². The van der Waals surface area contributed by atoms with Crippen LogP contribution in [0.4, 0.5) is 0 Å². The molecule has 0 aliphatic carbocycles. The number of hydrogen-bond donors (Lipinski definition) is 1. The minimum Gasteiger partial charge on any atom is -0.395 e. The van der Waals surface area contributed by atoms with Gasteiger partial charge in [-0.05, 0) is 19.4 Å². The van der Waals surface area contributed by atoms with Crippen LogP contribution in [0.1, 0.15) is 35.7 Å². The Morgan fingerprint density at radius 3 is 3.10 bits per heavy atom. The van der Waals surface area contributed by atoms with Gasteiger partial charge in [-0.25, -0.2) is 0 Å². The predicted octanol–water partition coefficient (Wildman–Crippen LogP) is 1.06. The summed E-state index contributed by atoms with van der Waals surface area (Å²) in [7, 11) is 1.80. The lowest BCUT2D eigenvalue weighted by atomic mass is 10.1. The van der Waals surface area contributed by atoms with E-state index in [4.69, 9.17) is 9.84 Å². The highest BCUT2D eigenvalue weighted by Gasteiger charge is 2.31. The van der Waals surface area contributed by atoms with Crippen molar-refractivity contribution in [3.8, 4) is 11.8 Å². The lowest BCUT2D eigenvalue weighted by Crippen LogP contribution is -2.41. The second-order valence-corrected chi connectivity index (χ2v) is 5.04. The summed E-state index contributed by atoms with van der Waals surface area (Å²) >= 11 is 0. The zero-order chi connectivity index (χ0) is 15.2. The molecule has 1 saturated heterocycles. The van der Waals surface area contributed by atoms with E-state index in [2.05, 4.69) is 16.8 Å². The van der Waals surface area contributed by atoms with Crippen LogP contribution in [0.5, 0.6) is 0 Å². The van der Waals surface area contributed by atoms with Gasteiger partial charge in [0.2, 0.25) is 0 Å². The summed E-state index contributed by atoms with van der Waals surface area (Å²) in [4.78, 5) is 18.4. The number of nitrogens with zero attached hydrogens (tertiary/aromatic N) is 2. The molecule has 2 heterocycles. The Morgan fingerprint density at radius 2 is 2.43 bits per heavy atom. The average molecular weight is 288 g/mol. The van der Waals surface area contributed by atoms with Crippen LogP contribution in [-0.4, -0.2) is 53.3 Å². The SMILES string of the molecule is CC1OCCC1N(C)C(=O)c1ccncc1C#CCCO. The molecule has 1 aromatic rings. The summed E-state index contributed by atoms with van der Waals surface area (Å²) in [5, 5.41) is 8.78. The highest BCUT2D eigenvalue weighted by Crippen LogP contribution is 2.20. The van der Waals surface area contributed by atoms with Gasteiger partial charge in [0.05, 0.1) is 29.9 Å². The van der Waals surface area contributed by atoms with Crippen molar-refractivity contribution < 1.29 is 14.6 Å². The van der Waals surface area contributed by atoms with E-state index in [0.717, 1.165) is 6.42 Å². The number of ether oxygens (including phenoxy) is 1. The molecular weight excluding hydrogens is 268 g/mol. The number of amides is 1. The molecule has 1 aliphatic heterocycles. The molecule has 0 aromatic carbocycles. The summed E-state index contributed by atoms with van der Waals surface area (Å²) < 4.78 is 5.52. The average Bonchev–Trinajstić information content (AvgIpc) is 2.93. The summed E-state index contributed by atoms with van der Waals surface area (Å²) in [5.74, 6) is 5.65. The fourth-order valence-corrected chi connectivity index (χ4v) is 2.46. The lowest BCUT2D eigenvalue weighted by molar-refractivity contribution is 0.0574. The monoisotopic (exact) mass is 288 g/mol. The Hall–Kier alpha value is -1.90. The van der Waals surface area contributed by atoms with Gasteiger partial charge in [0.15, 0.2) is 0 Å². The van der Waals surface area contributed by atoms with Crippen LogP contribution in [0.15, 0.2) is 18.5 Å². The van der Waals surface area contributed by atoms with E-state index in [-0.39, 0.29) is 24.7 Å². The first-order chi connectivity index (χ1) is 10.1. The Labute approximate surface area is 124 Å². The first-order valence-corrected chi connectivity index (χ1v) is 7.07. The number of likely N-dealkylation sites (N-methyl/N-ethyl adjacent to an activating group) is 1. The van der Waals surface area contributed by atoms with E-state index < -0.39 is 0 Å². The van der Waals surface area contributed by atoms with Crippen LogP contribution in [-0.2, 0) is 4.74 Å². The van der Waals surface area contributed by atoms with Crippen molar-refractivity contribution in [1.82, 2.24) is 9.88 Å². The van der Waals surface area contributed by atoms with Crippen LogP contribution in [0.3, 0.4) is 0 Å². The number of rotatable bonds is 3. The normalized spacial score (nSPS) is 20.7. The van der Waals surface area contributed by atoms with Crippen LogP contribution in [0.2, 0.25) is 0 Å². The van der Waals surface area contributed by atoms with Crippen LogP contribution in [0, 0.1) is 11.8 Å². The quantitative estimate of drug-likeness (QED) is 0.845. The van der Waals surface area contributed by atoms with E-state index >= 15 is 0 Å². The Kier molecular flexibility index (Phi) is 5.32. The maximum absolute atomic E-state index is 12.7. The number of aromatic nitrogens is 1. The number of aliphatic hydroxyl groups is 1. The van der Waals surface area contributed by atoms with Gasteiger partial charge in [-0.15, -0.1) is 0 Å². The molecule has 21 heavy (non-hydrogen) atoms. The number of carbonyl (C=O) groups is 1. The van der Waals surface area contributed by atoms with E-state index in [1.807, 2.05) is 6.92 Å². The third-order valence-electron chi connectivity index (χ3n) is 3.67. The molecule has 1 fully saturated rings. The molecule has 5 heteroatoms. The van der Waals surface area contributed by atoms with Crippen molar-refractivity contribution in [1.29, 1.82) is 0 Å². The Bertz CT molecular complexity index is 562. The van der Waals surface area contributed by atoms with Crippen molar-refractivity contribution in [3.63, 3.8) is 0 Å². The summed E-state index contributed by atoms with van der Waals surface area (Å²) in [6, 6.07) is 1.77. The molecule has 2 unspecified atom stereocenters. The van der Waals surface area contributed by atoms with E-state index in [9.17, 15) is 4.79 Å². The van der Waals surface area contributed by atoms with Gasteiger partial charge in [0.25, 0.3) is 5.91 Å². The van der Waals surface area contributed by atoms with Gasteiger partial charge in [0, 0.05) is 32.5 Å². The minimum absolute atomic E-state index is 0.00731. The molecule has 1 N–H and O–H groups in total. The van der Waals surface area contributed by atoms with E-state index in [1.54, 1.807) is 30.4 Å². The maximum atomic E-state index is 12.7. The van der Waals surface area contributed by atoms with Crippen LogP contribution >= 0.6 is 0 Å². The van der Waals surface area contributed by atoms with Crippen molar-refractivity contribution in [3.05, 3.63) is 29.6 Å². The summed E-state index contributed by atoms with van der Waals surface area (Å²) in [5.41, 5.74) is 1.13. The molecule has 2 rings (SSSR count). The maximum Gasteiger partial charge on any atom is 0.255 e. The largest absolute Gasteiger partial charge is 0.395 e. The first-order valence-electron chi connectivity index (χ1n) is 7.07. The van der Waals surface area contributed by atoms with Crippen LogP contribution in [0.25, 0.3) is 0 Å². The second-order valence-electron chi connectivity index (χ2n) is 5.04. The van der Waals surface area contributed by atoms with Crippen LogP contribution < -0.4 is 0 Å². The molecule has 0 saturated carbocycles. The highest BCUT2D eigenvalue weighted by molar-refractivity contribution is 5.96. The fourth-order valence-electron chi connectivity index (χ4n) is 2.46. The van der Waals surface area contributed by atoms with Gasteiger partial charge >= 0.3 is 0 Å². The van der Waals surface area contributed by atoms with Crippen molar-refractivity contribution in [2.45, 2.75) is 31.9 Å². The molecule has 112 valence electrons. The highest BCUT2D eigenvalue weighted by atomic mass is 16.5. The van der Waals surface area contributed by atoms with E-state index in [1.165, 1.54) is 0 Å². The Balaban J connectivity index is 2.21. The smallest absolute Gasteiger partial charge is 0.255 e. The molecule has 5 nitrogen and oxygen atoms in total. The topological polar surface area (TPSA) is 62.7 Å². The van der Waals surface area contributed by atoms with Gasteiger partial charge in [-0.3, -0.25) is 9.78 Å². The predicted molar refractivity (Wildman–Crippen MR) is 78.7 cm³/mol. The van der Waals surface area contributed by atoms with Gasteiger partial charge in [0.1, 0.15) is 0 Å². The van der Waals surface area contributed by atoms with Gasteiger partial charge < -0.3 is 14.7 Å². The number of aliphatic hydroxyl groups excluding tert-OH is 1. The molecular formula is C16H20N2O3. The van der Waals surface area contributed by atoms with Gasteiger partial charge in [-0.2, -0.15) is 0 Å². The van der Waals surface area contributed by atoms with E-state index in [0.29, 0.717) is 24.2 Å². The molecule has 1 aliphatic rings. The van der Waals surface area contributed by atoms with Crippen molar-refractivity contribution >= 4 is 5.91 Å². The van der Waals surface area contributed by atoms with Crippen molar-refractivity contribution in [2.75, 3.05) is 20.3 Å². The zero-order valence-corrected chi connectivity index (χ0v) is 12.4. The number of hydrogen-bond acceptors (Lipinski definition) is 4.